The van der Waals surface area contributed by atoms with Crippen LogP contribution in [0.3, 0.4) is 0 Å². The van der Waals surface area contributed by atoms with Crippen LogP contribution >= 0.6 is 23.4 Å². The number of aryl methyl sites for hydroxylation is 1. The summed E-state index contributed by atoms with van der Waals surface area (Å²) >= 11 is 7.43. The van der Waals surface area contributed by atoms with Crippen LogP contribution in [0.15, 0.2) is 69.7 Å². The first-order valence-electron chi connectivity index (χ1n) is 10.5. The Morgan fingerprint density at radius 3 is 2.62 bits per heavy atom. The zero-order chi connectivity index (χ0) is 24.5. The first-order valence-corrected chi connectivity index (χ1v) is 13.1. The van der Waals surface area contributed by atoms with Gasteiger partial charge in [0, 0.05) is 10.6 Å². The van der Waals surface area contributed by atoms with Gasteiger partial charge in [0.25, 0.3) is 0 Å². The number of amides is 1. The molecule has 176 valence electrons. The summed E-state index contributed by atoms with van der Waals surface area (Å²) in [4.78, 5) is 12.0. The molecule has 0 aromatic heterocycles. The lowest BCUT2D eigenvalue weighted by atomic mass is 10.0. The Labute approximate surface area is 207 Å². The van der Waals surface area contributed by atoms with E-state index >= 15 is 0 Å². The molecule has 3 aromatic rings. The van der Waals surface area contributed by atoms with E-state index in [4.69, 9.17) is 15.8 Å². The van der Waals surface area contributed by atoms with Crippen molar-refractivity contribution >= 4 is 61.5 Å². The Morgan fingerprint density at radius 2 is 1.91 bits per heavy atom. The summed E-state index contributed by atoms with van der Waals surface area (Å²) < 4.78 is 31.4. The lowest BCUT2D eigenvalue weighted by Crippen LogP contribution is -2.27. The second-order valence-corrected chi connectivity index (χ2v) is 11.2. The van der Waals surface area contributed by atoms with Crippen molar-refractivity contribution < 1.29 is 17.4 Å². The van der Waals surface area contributed by atoms with E-state index in [2.05, 4.69) is 15.5 Å². The molecule has 1 heterocycles. The average molecular weight is 516 g/mol. The Kier molecular flexibility index (Phi) is 6.97. The third-order valence-corrected chi connectivity index (χ3v) is 8.29. The minimum absolute atomic E-state index is 0.0517. The van der Waals surface area contributed by atoms with Crippen molar-refractivity contribution in [2.45, 2.75) is 30.9 Å². The lowest BCUT2D eigenvalue weighted by molar-refractivity contribution is -0.119. The predicted octanol–water partition coefficient (Wildman–Crippen LogP) is 5.15. The molecule has 0 unspecified atom stereocenters. The van der Waals surface area contributed by atoms with Crippen LogP contribution in [0.25, 0.3) is 10.8 Å². The quantitative estimate of drug-likeness (QED) is 0.278. The van der Waals surface area contributed by atoms with E-state index in [0.29, 0.717) is 15.8 Å². The van der Waals surface area contributed by atoms with E-state index in [0.717, 1.165) is 16.3 Å². The molecule has 0 aliphatic carbocycles. The largest absolute Gasteiger partial charge is 0.378 e. The molecule has 1 N–H and O–H groups in total. The standard InChI is InChI=1S/C24H22ClN3O4S2/c1-14(2)22-23(29)27-24(33-22)28-26-13-19-18-7-5-4-6-16(18)9-11-21(19)32-34(30,31)17-10-8-15(3)20(25)12-17/h4-14,22H,1-3H3,(H,27,28,29)/b26-13-/t22-/m1/s1. The normalized spacial score (nSPS) is 17.7. The topological polar surface area (TPSA) is 97.2 Å². The van der Waals surface area contributed by atoms with Crippen molar-refractivity contribution in [1.82, 2.24) is 5.32 Å². The molecule has 0 bridgehead atoms. The number of hydrogen-bond donors (Lipinski definition) is 1. The second-order valence-electron chi connectivity index (χ2n) is 8.07. The molecule has 10 heteroatoms. The fourth-order valence-electron chi connectivity index (χ4n) is 3.38. The summed E-state index contributed by atoms with van der Waals surface area (Å²) in [5.41, 5.74) is 1.20. The summed E-state index contributed by atoms with van der Waals surface area (Å²) in [6.45, 7) is 5.71. The van der Waals surface area contributed by atoms with Crippen molar-refractivity contribution in [3.05, 3.63) is 70.7 Å². The van der Waals surface area contributed by atoms with Crippen molar-refractivity contribution in [2.75, 3.05) is 0 Å². The van der Waals surface area contributed by atoms with Gasteiger partial charge in [-0.25, -0.2) is 0 Å². The van der Waals surface area contributed by atoms with E-state index in [1.54, 1.807) is 25.1 Å². The third kappa shape index (κ3) is 5.11. The molecule has 34 heavy (non-hydrogen) atoms. The van der Waals surface area contributed by atoms with E-state index < -0.39 is 10.1 Å². The smallest absolute Gasteiger partial charge is 0.339 e. The first-order chi connectivity index (χ1) is 16.2. The van der Waals surface area contributed by atoms with Gasteiger partial charge in [0.05, 0.1) is 11.5 Å². The van der Waals surface area contributed by atoms with Crippen molar-refractivity contribution in [1.29, 1.82) is 0 Å². The summed E-state index contributed by atoms with van der Waals surface area (Å²) in [6.07, 6.45) is 1.43. The zero-order valence-corrected chi connectivity index (χ0v) is 21.0. The number of benzene rings is 3. The molecule has 0 spiro atoms. The first kappa shape index (κ1) is 24.3. The van der Waals surface area contributed by atoms with Crippen molar-refractivity contribution in [2.24, 2.45) is 16.1 Å². The molecule has 0 radical (unpaired) electrons. The van der Waals surface area contributed by atoms with Gasteiger partial charge in [0.15, 0.2) is 10.9 Å². The van der Waals surface area contributed by atoms with Gasteiger partial charge < -0.3 is 9.50 Å². The molecule has 1 atom stereocenters. The monoisotopic (exact) mass is 515 g/mol. The fraction of sp³-hybridized carbons (Fsp3) is 0.208. The van der Waals surface area contributed by atoms with E-state index in [1.807, 2.05) is 38.1 Å². The highest BCUT2D eigenvalue weighted by molar-refractivity contribution is 8.15. The number of amidine groups is 1. The minimum Gasteiger partial charge on any atom is -0.378 e. The summed E-state index contributed by atoms with van der Waals surface area (Å²) in [5.74, 6) is 0.147. The molecular formula is C24H22ClN3O4S2. The number of halogens is 1. The van der Waals surface area contributed by atoms with E-state index in [9.17, 15) is 13.2 Å². The van der Waals surface area contributed by atoms with Crippen LogP contribution in [0.2, 0.25) is 5.02 Å². The maximum Gasteiger partial charge on any atom is 0.339 e. The number of carbonyl (C=O) groups is 1. The van der Waals surface area contributed by atoms with E-state index in [1.165, 1.54) is 30.1 Å². The molecule has 1 aliphatic rings. The van der Waals surface area contributed by atoms with Crippen molar-refractivity contribution in [3.8, 4) is 5.75 Å². The number of fused-ring (bicyclic) bond motifs is 1. The summed E-state index contributed by atoms with van der Waals surface area (Å²) in [7, 11) is -4.15. The number of rotatable bonds is 6. The summed E-state index contributed by atoms with van der Waals surface area (Å²) in [6, 6.07) is 15.2. The molecule has 7 nitrogen and oxygen atoms in total. The van der Waals surface area contributed by atoms with Gasteiger partial charge in [0.1, 0.15) is 4.90 Å². The molecule has 1 aliphatic heterocycles. The Bertz CT molecular complexity index is 1440. The molecule has 1 fully saturated rings. The van der Waals surface area contributed by atoms with Crippen LogP contribution in [-0.2, 0) is 14.9 Å². The SMILES string of the molecule is Cc1ccc(S(=O)(=O)Oc2ccc3ccccc3c2/C=N\N=C2\NC(=O)[C@@H](C(C)C)S2)cc1Cl. The molecule has 1 amide bonds. The summed E-state index contributed by atoms with van der Waals surface area (Å²) in [5, 5.41) is 13.1. The predicted molar refractivity (Wildman–Crippen MR) is 137 cm³/mol. The molecule has 3 aromatic carbocycles. The van der Waals surface area contributed by atoms with Crippen LogP contribution in [0.5, 0.6) is 5.75 Å². The van der Waals surface area contributed by atoms with Crippen LogP contribution < -0.4 is 9.50 Å². The van der Waals surface area contributed by atoms with Crippen molar-refractivity contribution in [3.63, 3.8) is 0 Å². The van der Waals surface area contributed by atoms with Crippen LogP contribution in [0, 0.1) is 12.8 Å². The van der Waals surface area contributed by atoms with Gasteiger partial charge in [-0.15, -0.1) is 5.10 Å². The maximum atomic E-state index is 13.0. The van der Waals surface area contributed by atoms with Gasteiger partial charge in [-0.05, 0) is 47.4 Å². The second kappa shape index (κ2) is 9.77. The number of nitrogens with one attached hydrogen (secondary N) is 1. The highest BCUT2D eigenvalue weighted by Crippen LogP contribution is 2.30. The van der Waals surface area contributed by atoms with Crippen LogP contribution in [0.4, 0.5) is 0 Å². The molecule has 1 saturated heterocycles. The van der Waals surface area contributed by atoms with Crippen LogP contribution in [-0.4, -0.2) is 31.0 Å². The number of thioether (sulfide) groups is 1. The molecule has 4 rings (SSSR count). The molecular weight excluding hydrogens is 494 g/mol. The third-order valence-electron chi connectivity index (χ3n) is 5.23. The van der Waals surface area contributed by atoms with Gasteiger partial charge in [-0.2, -0.15) is 13.5 Å². The number of hydrogen-bond acceptors (Lipinski definition) is 7. The minimum atomic E-state index is -4.15. The Morgan fingerprint density at radius 1 is 1.15 bits per heavy atom. The zero-order valence-electron chi connectivity index (χ0n) is 18.7. The Hall–Kier alpha value is -2.88. The van der Waals surface area contributed by atoms with Crippen LogP contribution in [0.1, 0.15) is 25.0 Å². The Balaban J connectivity index is 1.70. The van der Waals surface area contributed by atoms with Gasteiger partial charge in [0.2, 0.25) is 5.91 Å². The maximum absolute atomic E-state index is 13.0. The van der Waals surface area contributed by atoms with Gasteiger partial charge >= 0.3 is 10.1 Å². The number of carbonyl (C=O) groups excluding carboxylic acids is 1. The number of nitrogens with zero attached hydrogens (tertiary/aromatic N) is 2. The lowest BCUT2D eigenvalue weighted by Gasteiger charge is -2.12. The molecule has 0 saturated carbocycles. The van der Waals surface area contributed by atoms with E-state index in [-0.39, 0.29) is 27.7 Å². The fourth-order valence-corrected chi connectivity index (χ4v) is 5.54. The highest BCUT2D eigenvalue weighted by atomic mass is 35.5. The van der Waals surface area contributed by atoms with Gasteiger partial charge in [-0.1, -0.05) is 73.6 Å². The van der Waals surface area contributed by atoms with Gasteiger partial charge in [-0.3, -0.25) is 4.79 Å². The highest BCUT2D eigenvalue weighted by Gasteiger charge is 2.32. The average Bonchev–Trinajstić information content (AvgIpc) is 3.17.